The normalized spacial score (nSPS) is 14.5. The number of rotatable bonds is 6. The van der Waals surface area contributed by atoms with E-state index in [2.05, 4.69) is 69.6 Å². The van der Waals surface area contributed by atoms with Crippen LogP contribution in [0, 0.1) is 18.3 Å². The molecule has 0 unspecified atom stereocenters. The van der Waals surface area contributed by atoms with Gasteiger partial charge in [0.25, 0.3) is 0 Å². The standard InChI is InChI=1S/C28H27N5O/c1-20-25-10-11-31-27(25)9-8-26(20)32-28-23(17-30-18-24(28)16-29)7-6-21-2-4-22(5-3-21)19-33-12-14-34-15-13-33/h2-11,17-18,31H,12-15,19H2,1H3,(H,30,32)/b7-6+. The molecule has 0 atom stereocenters. The van der Waals surface area contributed by atoms with Gasteiger partial charge < -0.3 is 15.0 Å². The van der Waals surface area contributed by atoms with Gasteiger partial charge in [0, 0.05) is 60.4 Å². The Bertz CT molecular complexity index is 1360. The lowest BCUT2D eigenvalue weighted by Gasteiger charge is -2.26. The summed E-state index contributed by atoms with van der Waals surface area (Å²) in [6, 6.07) is 17.0. The zero-order valence-corrected chi connectivity index (χ0v) is 19.2. The van der Waals surface area contributed by atoms with E-state index in [4.69, 9.17) is 4.74 Å². The molecule has 0 amide bonds. The van der Waals surface area contributed by atoms with E-state index in [0.29, 0.717) is 5.56 Å². The number of hydrogen-bond donors (Lipinski definition) is 2. The minimum Gasteiger partial charge on any atom is -0.379 e. The molecular weight excluding hydrogens is 422 g/mol. The zero-order chi connectivity index (χ0) is 23.3. The number of aromatic nitrogens is 2. The molecule has 2 N–H and O–H groups in total. The number of nitrogens with zero attached hydrogens (tertiary/aromatic N) is 3. The molecule has 6 nitrogen and oxygen atoms in total. The molecule has 1 saturated heterocycles. The maximum absolute atomic E-state index is 9.71. The van der Waals surface area contributed by atoms with Crippen molar-refractivity contribution in [3.8, 4) is 6.07 Å². The number of morpholine rings is 1. The van der Waals surface area contributed by atoms with Gasteiger partial charge in [0.1, 0.15) is 6.07 Å². The predicted octanol–water partition coefficient (Wildman–Crippen LogP) is 5.49. The minimum absolute atomic E-state index is 0.511. The van der Waals surface area contributed by atoms with Crippen LogP contribution in [0.25, 0.3) is 23.1 Å². The Balaban J connectivity index is 1.37. The Kier molecular flexibility index (Phi) is 6.39. The van der Waals surface area contributed by atoms with Gasteiger partial charge in [0.05, 0.1) is 24.5 Å². The number of H-pyrrole nitrogens is 1. The molecule has 0 bridgehead atoms. The lowest BCUT2D eigenvalue weighted by molar-refractivity contribution is 0.0342. The molecule has 170 valence electrons. The molecule has 1 fully saturated rings. The smallest absolute Gasteiger partial charge is 0.103 e. The number of ether oxygens (including phenoxy) is 1. The SMILES string of the molecule is Cc1c(Nc2c(C#N)cncc2/C=C/c2ccc(CN3CCOCC3)cc2)ccc2[nH]ccc12. The minimum atomic E-state index is 0.511. The van der Waals surface area contributed by atoms with Crippen molar-refractivity contribution in [3.05, 3.63) is 88.9 Å². The molecule has 2 aromatic heterocycles. The summed E-state index contributed by atoms with van der Waals surface area (Å²) >= 11 is 0. The number of anilines is 2. The van der Waals surface area contributed by atoms with Crippen LogP contribution in [0.1, 0.15) is 27.8 Å². The van der Waals surface area contributed by atoms with Gasteiger partial charge in [-0.1, -0.05) is 36.4 Å². The first-order valence-corrected chi connectivity index (χ1v) is 11.5. The average Bonchev–Trinajstić information content (AvgIpc) is 3.36. The van der Waals surface area contributed by atoms with Gasteiger partial charge in [-0.05, 0) is 41.8 Å². The monoisotopic (exact) mass is 449 g/mol. The Morgan fingerprint density at radius 3 is 2.71 bits per heavy atom. The van der Waals surface area contributed by atoms with Crippen LogP contribution >= 0.6 is 0 Å². The molecule has 0 saturated carbocycles. The molecule has 4 aromatic rings. The summed E-state index contributed by atoms with van der Waals surface area (Å²) in [4.78, 5) is 9.93. The van der Waals surface area contributed by atoms with Crippen molar-refractivity contribution in [2.75, 3.05) is 31.6 Å². The third-order valence-electron chi connectivity index (χ3n) is 6.30. The topological polar surface area (TPSA) is 77.0 Å². The lowest BCUT2D eigenvalue weighted by Crippen LogP contribution is -2.35. The summed E-state index contributed by atoms with van der Waals surface area (Å²) in [6.07, 6.45) is 9.40. The molecule has 0 aliphatic carbocycles. The van der Waals surface area contributed by atoms with Crippen molar-refractivity contribution in [1.29, 1.82) is 5.26 Å². The second-order valence-electron chi connectivity index (χ2n) is 8.53. The highest BCUT2D eigenvalue weighted by Crippen LogP contribution is 2.31. The van der Waals surface area contributed by atoms with E-state index in [9.17, 15) is 5.26 Å². The maximum atomic E-state index is 9.71. The first-order chi connectivity index (χ1) is 16.7. The Hall–Kier alpha value is -3.92. The van der Waals surface area contributed by atoms with Crippen LogP contribution in [-0.2, 0) is 11.3 Å². The molecular formula is C28H27N5O. The van der Waals surface area contributed by atoms with Crippen molar-refractivity contribution in [2.45, 2.75) is 13.5 Å². The van der Waals surface area contributed by atoms with Gasteiger partial charge >= 0.3 is 0 Å². The number of nitriles is 1. The molecule has 0 radical (unpaired) electrons. The fraction of sp³-hybridized carbons (Fsp3) is 0.214. The summed E-state index contributed by atoms with van der Waals surface area (Å²) in [7, 11) is 0. The van der Waals surface area contributed by atoms with Gasteiger partial charge in [-0.25, -0.2) is 0 Å². The highest BCUT2D eigenvalue weighted by molar-refractivity contribution is 5.90. The van der Waals surface area contributed by atoms with E-state index in [1.54, 1.807) is 12.4 Å². The summed E-state index contributed by atoms with van der Waals surface area (Å²) in [6.45, 7) is 6.61. The van der Waals surface area contributed by atoms with E-state index >= 15 is 0 Å². The van der Waals surface area contributed by atoms with Crippen LogP contribution in [0.15, 0.2) is 61.1 Å². The van der Waals surface area contributed by atoms with E-state index in [0.717, 1.165) is 71.8 Å². The van der Waals surface area contributed by atoms with Gasteiger partial charge in [-0.15, -0.1) is 0 Å². The highest BCUT2D eigenvalue weighted by Gasteiger charge is 2.12. The lowest BCUT2D eigenvalue weighted by atomic mass is 10.1. The second-order valence-corrected chi connectivity index (χ2v) is 8.53. The van der Waals surface area contributed by atoms with Crippen LogP contribution in [0.4, 0.5) is 11.4 Å². The Morgan fingerprint density at radius 2 is 1.91 bits per heavy atom. The summed E-state index contributed by atoms with van der Waals surface area (Å²) in [5, 5.41) is 14.4. The van der Waals surface area contributed by atoms with Crippen LogP contribution in [0.3, 0.4) is 0 Å². The Morgan fingerprint density at radius 1 is 1.09 bits per heavy atom. The van der Waals surface area contributed by atoms with Gasteiger partial charge in [0.2, 0.25) is 0 Å². The summed E-state index contributed by atoms with van der Waals surface area (Å²) in [5.41, 5.74) is 7.73. The van der Waals surface area contributed by atoms with E-state index in [1.807, 2.05) is 24.4 Å². The van der Waals surface area contributed by atoms with Crippen molar-refractivity contribution in [1.82, 2.24) is 14.9 Å². The van der Waals surface area contributed by atoms with Crippen molar-refractivity contribution in [2.24, 2.45) is 0 Å². The number of aryl methyl sites for hydroxylation is 1. The number of hydrogen-bond acceptors (Lipinski definition) is 5. The van der Waals surface area contributed by atoms with E-state index in [1.165, 1.54) is 5.56 Å². The molecule has 5 rings (SSSR count). The van der Waals surface area contributed by atoms with Crippen LogP contribution in [-0.4, -0.2) is 41.2 Å². The van der Waals surface area contributed by atoms with Gasteiger partial charge in [-0.2, -0.15) is 5.26 Å². The fourth-order valence-corrected chi connectivity index (χ4v) is 4.32. The van der Waals surface area contributed by atoms with Crippen molar-refractivity contribution < 1.29 is 4.74 Å². The number of nitrogens with one attached hydrogen (secondary N) is 2. The average molecular weight is 450 g/mol. The second kappa shape index (κ2) is 9.92. The van der Waals surface area contributed by atoms with Crippen molar-refractivity contribution >= 4 is 34.4 Å². The first-order valence-electron chi connectivity index (χ1n) is 11.5. The summed E-state index contributed by atoms with van der Waals surface area (Å²) in [5.74, 6) is 0. The van der Waals surface area contributed by atoms with Crippen LogP contribution in [0.5, 0.6) is 0 Å². The molecule has 1 aliphatic heterocycles. The number of fused-ring (bicyclic) bond motifs is 1. The third-order valence-corrected chi connectivity index (χ3v) is 6.30. The maximum Gasteiger partial charge on any atom is 0.103 e. The molecule has 34 heavy (non-hydrogen) atoms. The highest BCUT2D eigenvalue weighted by atomic mass is 16.5. The molecule has 2 aromatic carbocycles. The van der Waals surface area contributed by atoms with Gasteiger partial charge in [0.15, 0.2) is 0 Å². The quantitative estimate of drug-likeness (QED) is 0.407. The first kappa shape index (κ1) is 21.9. The predicted molar refractivity (Wildman–Crippen MR) is 137 cm³/mol. The molecule has 6 heteroatoms. The van der Waals surface area contributed by atoms with Crippen molar-refractivity contribution in [3.63, 3.8) is 0 Å². The number of benzene rings is 2. The third kappa shape index (κ3) is 4.72. The Labute approximate surface area is 199 Å². The summed E-state index contributed by atoms with van der Waals surface area (Å²) < 4.78 is 5.43. The van der Waals surface area contributed by atoms with E-state index < -0.39 is 0 Å². The van der Waals surface area contributed by atoms with Crippen LogP contribution < -0.4 is 5.32 Å². The van der Waals surface area contributed by atoms with E-state index in [-0.39, 0.29) is 0 Å². The molecule has 3 heterocycles. The largest absolute Gasteiger partial charge is 0.379 e. The number of aromatic amines is 1. The zero-order valence-electron chi connectivity index (χ0n) is 19.2. The molecule has 1 aliphatic rings. The number of pyridine rings is 1. The fourth-order valence-electron chi connectivity index (χ4n) is 4.32. The molecule has 0 spiro atoms. The van der Waals surface area contributed by atoms with Gasteiger partial charge in [-0.3, -0.25) is 9.88 Å². The van der Waals surface area contributed by atoms with Crippen LogP contribution in [0.2, 0.25) is 0 Å².